The van der Waals surface area contributed by atoms with Gasteiger partial charge in [0.25, 0.3) is 5.82 Å². The molecule has 5 heteroatoms. The molecule has 1 aromatic carbocycles. The van der Waals surface area contributed by atoms with E-state index in [1.54, 1.807) is 24.5 Å². The molecule has 2 aromatic heterocycles. The highest BCUT2D eigenvalue weighted by Crippen LogP contribution is 2.21. The molecular formula is C17H12N4O. The fourth-order valence-corrected chi connectivity index (χ4v) is 2.36. The summed E-state index contributed by atoms with van der Waals surface area (Å²) in [5, 5.41) is 0.953. The number of carbonyl (C=O) groups excluding carboxylic acids is 1. The van der Waals surface area contributed by atoms with Gasteiger partial charge < -0.3 is 10.6 Å². The SMILES string of the molecule is [C-]#[N+]c1ccc2cc(Cc3cnccc3C(N)=O)ccc2n1. The van der Waals surface area contributed by atoms with E-state index in [9.17, 15) is 4.79 Å². The minimum atomic E-state index is -0.457. The first-order chi connectivity index (χ1) is 10.7. The van der Waals surface area contributed by atoms with Crippen LogP contribution in [0.25, 0.3) is 15.7 Å². The summed E-state index contributed by atoms with van der Waals surface area (Å²) in [5.74, 6) is -0.0786. The Morgan fingerprint density at radius 3 is 2.86 bits per heavy atom. The Kier molecular flexibility index (Phi) is 3.50. The molecule has 2 N–H and O–H groups in total. The van der Waals surface area contributed by atoms with Crippen molar-refractivity contribution in [1.82, 2.24) is 9.97 Å². The molecule has 0 fully saturated rings. The Morgan fingerprint density at radius 2 is 2.09 bits per heavy atom. The van der Waals surface area contributed by atoms with Crippen LogP contribution in [0.15, 0.2) is 48.8 Å². The van der Waals surface area contributed by atoms with Crippen LogP contribution in [0.4, 0.5) is 5.82 Å². The van der Waals surface area contributed by atoms with E-state index in [1.165, 1.54) is 0 Å². The lowest BCUT2D eigenvalue weighted by atomic mass is 10.0. The summed E-state index contributed by atoms with van der Waals surface area (Å²) in [6.07, 6.45) is 3.77. The van der Waals surface area contributed by atoms with Crippen LogP contribution in [0, 0.1) is 6.57 Å². The van der Waals surface area contributed by atoms with Gasteiger partial charge in [0.1, 0.15) is 0 Å². The average Bonchev–Trinajstić information content (AvgIpc) is 2.54. The maximum absolute atomic E-state index is 11.5. The number of fused-ring (bicyclic) bond motifs is 1. The Balaban J connectivity index is 1.98. The van der Waals surface area contributed by atoms with Gasteiger partial charge in [-0.3, -0.25) is 9.78 Å². The number of hydrogen-bond acceptors (Lipinski definition) is 3. The molecule has 3 aromatic rings. The van der Waals surface area contributed by atoms with Crippen LogP contribution in [-0.4, -0.2) is 15.9 Å². The lowest BCUT2D eigenvalue weighted by molar-refractivity contribution is 0.0999. The third-order valence-electron chi connectivity index (χ3n) is 3.42. The van der Waals surface area contributed by atoms with Gasteiger partial charge in [-0.25, -0.2) is 0 Å². The van der Waals surface area contributed by atoms with E-state index >= 15 is 0 Å². The molecule has 0 aliphatic carbocycles. The largest absolute Gasteiger partial charge is 0.366 e. The van der Waals surface area contributed by atoms with E-state index in [1.807, 2.05) is 24.3 Å². The highest BCUT2D eigenvalue weighted by Gasteiger charge is 2.09. The van der Waals surface area contributed by atoms with Crippen LogP contribution in [0.2, 0.25) is 0 Å². The number of nitrogens with two attached hydrogens (primary N) is 1. The normalized spacial score (nSPS) is 10.3. The van der Waals surface area contributed by atoms with Gasteiger partial charge in [0.15, 0.2) is 5.52 Å². The minimum Gasteiger partial charge on any atom is -0.366 e. The molecule has 0 atom stereocenters. The Bertz CT molecular complexity index is 912. The summed E-state index contributed by atoms with van der Waals surface area (Å²) >= 11 is 0. The molecule has 0 spiro atoms. The third-order valence-corrected chi connectivity index (χ3v) is 3.42. The predicted octanol–water partition coefficient (Wildman–Crippen LogP) is 2.87. The molecule has 0 saturated heterocycles. The molecule has 0 unspecified atom stereocenters. The van der Waals surface area contributed by atoms with Crippen molar-refractivity contribution in [1.29, 1.82) is 0 Å². The van der Waals surface area contributed by atoms with Crippen molar-refractivity contribution < 1.29 is 4.79 Å². The first kappa shape index (κ1) is 13.7. The number of benzene rings is 1. The van der Waals surface area contributed by atoms with E-state index < -0.39 is 5.91 Å². The van der Waals surface area contributed by atoms with E-state index in [0.717, 1.165) is 22.0 Å². The van der Waals surface area contributed by atoms with Crippen molar-refractivity contribution in [2.24, 2.45) is 5.73 Å². The average molecular weight is 288 g/mol. The standard InChI is InChI=1S/C17H12N4O/c1-19-16-5-3-12-8-11(2-4-15(12)21-16)9-13-10-20-7-6-14(13)17(18)22/h2-8,10H,9H2,(H2,18,22). The van der Waals surface area contributed by atoms with E-state index in [-0.39, 0.29) is 0 Å². The van der Waals surface area contributed by atoms with Crippen molar-refractivity contribution in [2.45, 2.75) is 6.42 Å². The Labute approximate surface area is 127 Å². The Hall–Kier alpha value is -3.26. The van der Waals surface area contributed by atoms with Gasteiger partial charge in [-0.15, -0.1) is 4.98 Å². The molecule has 0 aliphatic rings. The number of amides is 1. The van der Waals surface area contributed by atoms with E-state index in [4.69, 9.17) is 12.3 Å². The second-order valence-electron chi connectivity index (χ2n) is 4.88. The fraction of sp³-hybridized carbons (Fsp3) is 0.0588. The van der Waals surface area contributed by atoms with Gasteiger partial charge in [0.2, 0.25) is 5.91 Å². The zero-order chi connectivity index (χ0) is 15.5. The van der Waals surface area contributed by atoms with Crippen LogP contribution < -0.4 is 5.73 Å². The smallest absolute Gasteiger partial charge is 0.270 e. The van der Waals surface area contributed by atoms with Gasteiger partial charge in [0.05, 0.1) is 0 Å². The summed E-state index contributed by atoms with van der Waals surface area (Å²) < 4.78 is 0. The number of nitrogens with zero attached hydrogens (tertiary/aromatic N) is 3. The van der Waals surface area contributed by atoms with Crippen LogP contribution in [-0.2, 0) is 6.42 Å². The van der Waals surface area contributed by atoms with Crippen LogP contribution in [0.5, 0.6) is 0 Å². The van der Waals surface area contributed by atoms with Crippen molar-refractivity contribution in [3.8, 4) is 0 Å². The van der Waals surface area contributed by atoms with Crippen LogP contribution in [0.3, 0.4) is 0 Å². The van der Waals surface area contributed by atoms with Gasteiger partial charge in [0, 0.05) is 23.3 Å². The first-order valence-electron chi connectivity index (χ1n) is 6.67. The second kappa shape index (κ2) is 5.62. The summed E-state index contributed by atoms with van der Waals surface area (Å²) in [6, 6.07) is 11.0. The first-order valence-corrected chi connectivity index (χ1v) is 6.67. The predicted molar refractivity (Wildman–Crippen MR) is 83.6 cm³/mol. The maximum Gasteiger partial charge on any atom is 0.270 e. The summed E-state index contributed by atoms with van der Waals surface area (Å²) in [7, 11) is 0. The van der Waals surface area contributed by atoms with Crippen LogP contribution in [0.1, 0.15) is 21.5 Å². The highest BCUT2D eigenvalue weighted by atomic mass is 16.1. The molecule has 0 saturated carbocycles. The van der Waals surface area contributed by atoms with Gasteiger partial charge in [-0.1, -0.05) is 18.7 Å². The second-order valence-corrected chi connectivity index (χ2v) is 4.88. The monoisotopic (exact) mass is 288 g/mol. The fourth-order valence-electron chi connectivity index (χ4n) is 2.36. The molecule has 0 aliphatic heterocycles. The minimum absolute atomic E-state index is 0.378. The number of aromatic nitrogens is 2. The number of rotatable bonds is 3. The maximum atomic E-state index is 11.5. The number of hydrogen-bond donors (Lipinski definition) is 1. The lowest BCUT2D eigenvalue weighted by Crippen LogP contribution is -2.14. The summed E-state index contributed by atoms with van der Waals surface area (Å²) in [5.41, 5.74) is 8.47. The van der Waals surface area contributed by atoms with Gasteiger partial charge in [-0.05, 0) is 41.8 Å². The third kappa shape index (κ3) is 2.63. The van der Waals surface area contributed by atoms with E-state index in [2.05, 4.69) is 14.8 Å². The van der Waals surface area contributed by atoms with Gasteiger partial charge in [-0.2, -0.15) is 0 Å². The molecule has 1 amide bonds. The Morgan fingerprint density at radius 1 is 1.23 bits per heavy atom. The zero-order valence-electron chi connectivity index (χ0n) is 11.7. The molecular weight excluding hydrogens is 276 g/mol. The lowest BCUT2D eigenvalue weighted by Gasteiger charge is -2.06. The van der Waals surface area contributed by atoms with Crippen molar-refractivity contribution >= 4 is 22.6 Å². The molecule has 2 heterocycles. The highest BCUT2D eigenvalue weighted by molar-refractivity contribution is 5.94. The molecule has 0 radical (unpaired) electrons. The zero-order valence-corrected chi connectivity index (χ0v) is 11.7. The molecule has 5 nitrogen and oxygen atoms in total. The summed E-state index contributed by atoms with van der Waals surface area (Å²) in [6.45, 7) is 6.99. The molecule has 0 bridgehead atoms. The quantitative estimate of drug-likeness (QED) is 0.753. The number of primary amides is 1. The van der Waals surface area contributed by atoms with Crippen molar-refractivity contribution in [2.75, 3.05) is 0 Å². The van der Waals surface area contributed by atoms with Gasteiger partial charge >= 0.3 is 0 Å². The summed E-state index contributed by atoms with van der Waals surface area (Å²) in [4.78, 5) is 23.1. The van der Waals surface area contributed by atoms with Crippen molar-refractivity contribution in [3.63, 3.8) is 0 Å². The number of pyridine rings is 2. The number of carbonyl (C=O) groups is 1. The molecule has 106 valence electrons. The van der Waals surface area contributed by atoms with E-state index in [0.29, 0.717) is 17.8 Å². The topological polar surface area (TPSA) is 73.2 Å². The van der Waals surface area contributed by atoms with Crippen molar-refractivity contribution in [3.05, 3.63) is 76.9 Å². The van der Waals surface area contributed by atoms with Crippen LogP contribution >= 0.6 is 0 Å². The molecule has 22 heavy (non-hydrogen) atoms. The molecule has 3 rings (SSSR count).